The van der Waals surface area contributed by atoms with Gasteiger partial charge in [0.2, 0.25) is 0 Å². The van der Waals surface area contributed by atoms with Crippen LogP contribution in [0.5, 0.6) is 0 Å². The minimum absolute atomic E-state index is 0.581. The summed E-state index contributed by atoms with van der Waals surface area (Å²) in [6, 6.07) is 11.2. The lowest BCUT2D eigenvalue weighted by Crippen LogP contribution is -1.96. The smallest absolute Gasteiger partial charge is 0.121 e. The van der Waals surface area contributed by atoms with Crippen LogP contribution >= 0.6 is 0 Å². The van der Waals surface area contributed by atoms with E-state index < -0.39 is 0 Å². The standard InChI is InChI=1S/C11H10N4/c1-15-11(13)6-10(14-15)9-5-3-2-4-8(9)7-12/h2-6H,13H2,1H3. The van der Waals surface area contributed by atoms with E-state index in [1.54, 1.807) is 23.9 Å². The largest absolute Gasteiger partial charge is 0.384 e. The minimum atomic E-state index is 0.581. The first kappa shape index (κ1) is 9.28. The molecular weight excluding hydrogens is 188 g/mol. The summed E-state index contributed by atoms with van der Waals surface area (Å²) in [6.45, 7) is 0. The fraction of sp³-hybridized carbons (Fsp3) is 0.0909. The van der Waals surface area contributed by atoms with Crippen molar-refractivity contribution >= 4 is 5.82 Å². The fourth-order valence-corrected chi connectivity index (χ4v) is 1.42. The van der Waals surface area contributed by atoms with E-state index in [4.69, 9.17) is 11.0 Å². The number of aromatic nitrogens is 2. The molecule has 0 saturated carbocycles. The maximum absolute atomic E-state index is 8.94. The molecule has 0 fully saturated rings. The van der Waals surface area contributed by atoms with E-state index in [1.165, 1.54) is 0 Å². The van der Waals surface area contributed by atoms with Crippen molar-refractivity contribution in [1.29, 1.82) is 5.26 Å². The molecule has 0 atom stereocenters. The van der Waals surface area contributed by atoms with Gasteiger partial charge in [-0.25, -0.2) is 0 Å². The second kappa shape index (κ2) is 3.46. The van der Waals surface area contributed by atoms with Crippen LogP contribution in [-0.4, -0.2) is 9.78 Å². The molecule has 1 aromatic carbocycles. The number of benzene rings is 1. The normalized spacial score (nSPS) is 9.87. The lowest BCUT2D eigenvalue weighted by molar-refractivity contribution is 0.782. The number of anilines is 1. The van der Waals surface area contributed by atoms with Gasteiger partial charge in [-0.2, -0.15) is 10.4 Å². The van der Waals surface area contributed by atoms with Gasteiger partial charge in [-0.15, -0.1) is 0 Å². The Bertz CT molecular complexity index is 514. The van der Waals surface area contributed by atoms with Gasteiger partial charge in [0.15, 0.2) is 0 Å². The molecule has 0 spiro atoms. The number of hydrogen-bond donors (Lipinski definition) is 1. The zero-order valence-corrected chi connectivity index (χ0v) is 8.31. The van der Waals surface area contributed by atoms with E-state index in [1.807, 2.05) is 18.2 Å². The van der Waals surface area contributed by atoms with E-state index in [-0.39, 0.29) is 0 Å². The van der Waals surface area contributed by atoms with Crippen LogP contribution in [0.25, 0.3) is 11.3 Å². The van der Waals surface area contributed by atoms with Crippen LogP contribution < -0.4 is 5.73 Å². The third-order valence-electron chi connectivity index (χ3n) is 2.24. The van der Waals surface area contributed by atoms with Crippen molar-refractivity contribution in [2.45, 2.75) is 0 Å². The Kier molecular flexibility index (Phi) is 2.14. The lowest BCUT2D eigenvalue weighted by atomic mass is 10.1. The second-order valence-corrected chi connectivity index (χ2v) is 3.24. The molecule has 15 heavy (non-hydrogen) atoms. The van der Waals surface area contributed by atoms with Crippen molar-refractivity contribution in [2.75, 3.05) is 5.73 Å². The molecule has 0 bridgehead atoms. The highest BCUT2D eigenvalue weighted by molar-refractivity contribution is 5.69. The molecule has 0 aliphatic carbocycles. The van der Waals surface area contributed by atoms with E-state index in [2.05, 4.69) is 11.2 Å². The highest BCUT2D eigenvalue weighted by Gasteiger charge is 2.08. The summed E-state index contributed by atoms with van der Waals surface area (Å²) in [5.41, 5.74) is 7.84. The molecule has 0 aliphatic heterocycles. The van der Waals surface area contributed by atoms with Crippen LogP contribution in [0.15, 0.2) is 30.3 Å². The summed E-state index contributed by atoms with van der Waals surface area (Å²) in [5, 5.41) is 13.2. The summed E-state index contributed by atoms with van der Waals surface area (Å²) in [4.78, 5) is 0. The van der Waals surface area contributed by atoms with Gasteiger partial charge in [0, 0.05) is 18.7 Å². The molecule has 1 aromatic heterocycles. The van der Waals surface area contributed by atoms with Gasteiger partial charge in [0.1, 0.15) is 5.82 Å². The molecule has 0 unspecified atom stereocenters. The van der Waals surface area contributed by atoms with Crippen molar-refractivity contribution in [3.8, 4) is 17.3 Å². The van der Waals surface area contributed by atoms with Crippen molar-refractivity contribution in [2.24, 2.45) is 7.05 Å². The van der Waals surface area contributed by atoms with Crippen LogP contribution in [0.3, 0.4) is 0 Å². The van der Waals surface area contributed by atoms with Crippen molar-refractivity contribution in [3.05, 3.63) is 35.9 Å². The van der Waals surface area contributed by atoms with Gasteiger partial charge in [-0.1, -0.05) is 18.2 Å². The molecule has 2 N–H and O–H groups in total. The van der Waals surface area contributed by atoms with Crippen LogP contribution in [-0.2, 0) is 7.05 Å². The zero-order valence-electron chi connectivity index (χ0n) is 8.31. The average molecular weight is 198 g/mol. The maximum Gasteiger partial charge on any atom is 0.121 e. The number of nitriles is 1. The van der Waals surface area contributed by atoms with Crippen molar-refractivity contribution in [3.63, 3.8) is 0 Å². The molecular formula is C11H10N4. The molecule has 2 rings (SSSR count). The van der Waals surface area contributed by atoms with Gasteiger partial charge in [-0.05, 0) is 6.07 Å². The van der Waals surface area contributed by atoms with Gasteiger partial charge in [-0.3, -0.25) is 4.68 Å². The minimum Gasteiger partial charge on any atom is -0.384 e. The van der Waals surface area contributed by atoms with E-state index in [0.29, 0.717) is 11.4 Å². The van der Waals surface area contributed by atoms with Crippen LogP contribution in [0, 0.1) is 11.3 Å². The summed E-state index contributed by atoms with van der Waals surface area (Å²) in [5.74, 6) is 0.581. The number of nitrogen functional groups attached to an aromatic ring is 1. The summed E-state index contributed by atoms with van der Waals surface area (Å²) in [6.07, 6.45) is 0. The third kappa shape index (κ3) is 1.55. The number of aryl methyl sites for hydroxylation is 1. The molecule has 4 heteroatoms. The van der Waals surface area contributed by atoms with E-state index >= 15 is 0 Å². The van der Waals surface area contributed by atoms with Crippen LogP contribution in [0.2, 0.25) is 0 Å². The molecule has 0 saturated heterocycles. The Morgan fingerprint density at radius 3 is 2.73 bits per heavy atom. The topological polar surface area (TPSA) is 67.6 Å². The Labute approximate surface area is 87.6 Å². The highest BCUT2D eigenvalue weighted by atomic mass is 15.3. The quantitative estimate of drug-likeness (QED) is 0.755. The number of nitrogens with zero attached hydrogens (tertiary/aromatic N) is 3. The van der Waals surface area contributed by atoms with Crippen LogP contribution in [0.4, 0.5) is 5.82 Å². The molecule has 2 aromatic rings. The first-order valence-electron chi connectivity index (χ1n) is 4.51. The first-order valence-corrected chi connectivity index (χ1v) is 4.51. The Hall–Kier alpha value is -2.28. The fourth-order valence-electron chi connectivity index (χ4n) is 1.42. The lowest BCUT2D eigenvalue weighted by Gasteiger charge is -1.97. The second-order valence-electron chi connectivity index (χ2n) is 3.24. The number of hydrogen-bond acceptors (Lipinski definition) is 3. The number of rotatable bonds is 1. The molecule has 0 amide bonds. The Morgan fingerprint density at radius 2 is 2.13 bits per heavy atom. The van der Waals surface area contributed by atoms with Crippen LogP contribution in [0.1, 0.15) is 5.56 Å². The predicted octanol–water partition coefficient (Wildman–Crippen LogP) is 1.54. The zero-order chi connectivity index (χ0) is 10.8. The van der Waals surface area contributed by atoms with Crippen molar-refractivity contribution < 1.29 is 0 Å². The third-order valence-corrected chi connectivity index (χ3v) is 2.24. The molecule has 0 radical (unpaired) electrons. The average Bonchev–Trinajstić information content (AvgIpc) is 2.59. The first-order chi connectivity index (χ1) is 7.22. The number of nitrogens with two attached hydrogens (primary N) is 1. The molecule has 0 aliphatic rings. The molecule has 4 nitrogen and oxygen atoms in total. The summed E-state index contributed by atoms with van der Waals surface area (Å²) < 4.78 is 1.59. The Balaban J connectivity index is 2.59. The van der Waals surface area contributed by atoms with E-state index in [0.717, 1.165) is 11.3 Å². The summed E-state index contributed by atoms with van der Waals surface area (Å²) >= 11 is 0. The van der Waals surface area contributed by atoms with E-state index in [9.17, 15) is 0 Å². The molecule has 74 valence electrons. The van der Waals surface area contributed by atoms with Crippen molar-refractivity contribution in [1.82, 2.24) is 9.78 Å². The maximum atomic E-state index is 8.94. The summed E-state index contributed by atoms with van der Waals surface area (Å²) in [7, 11) is 1.77. The Morgan fingerprint density at radius 1 is 1.40 bits per heavy atom. The van der Waals surface area contributed by atoms with Gasteiger partial charge >= 0.3 is 0 Å². The molecule has 1 heterocycles. The van der Waals surface area contributed by atoms with Gasteiger partial charge in [0.25, 0.3) is 0 Å². The highest BCUT2D eigenvalue weighted by Crippen LogP contribution is 2.22. The van der Waals surface area contributed by atoms with Gasteiger partial charge in [0.05, 0.1) is 17.3 Å². The predicted molar refractivity (Wildman–Crippen MR) is 57.8 cm³/mol. The SMILES string of the molecule is Cn1nc(-c2ccccc2C#N)cc1N. The monoisotopic (exact) mass is 198 g/mol. The van der Waals surface area contributed by atoms with Gasteiger partial charge < -0.3 is 5.73 Å².